The number of benzene rings is 4. The van der Waals surface area contributed by atoms with Crippen LogP contribution < -0.4 is 5.32 Å². The average molecular weight is 408 g/mol. The van der Waals surface area contributed by atoms with Crippen LogP contribution in [0.25, 0.3) is 10.8 Å². The number of hydrogen-bond donors (Lipinski definition) is 2. The third kappa shape index (κ3) is 3.57. The first kappa shape index (κ1) is 19.4. The fourth-order valence-electron chi connectivity index (χ4n) is 5.26. The molecule has 1 aliphatic carbocycles. The molecule has 1 aliphatic rings. The second kappa shape index (κ2) is 8.27. The zero-order valence-corrected chi connectivity index (χ0v) is 17.2. The van der Waals surface area contributed by atoms with Crippen molar-refractivity contribution in [2.24, 2.45) is 11.8 Å². The molecule has 3 unspecified atom stereocenters. The Morgan fingerprint density at radius 3 is 1.87 bits per heavy atom. The topological polar surface area (TPSA) is 49.3 Å². The van der Waals surface area contributed by atoms with E-state index in [4.69, 9.17) is 0 Å². The van der Waals surface area contributed by atoms with Crippen molar-refractivity contribution in [3.8, 4) is 0 Å². The van der Waals surface area contributed by atoms with Gasteiger partial charge in [-0.15, -0.1) is 0 Å². The minimum absolute atomic E-state index is 0.0219. The molecule has 0 bridgehead atoms. The lowest BCUT2D eigenvalue weighted by Crippen LogP contribution is -2.50. The first-order valence-corrected chi connectivity index (χ1v) is 10.8. The average Bonchev–Trinajstić information content (AvgIpc) is 2.80. The summed E-state index contributed by atoms with van der Waals surface area (Å²) in [7, 11) is 0. The number of fused-ring (bicyclic) bond motifs is 1. The highest BCUT2D eigenvalue weighted by Crippen LogP contribution is 2.57. The summed E-state index contributed by atoms with van der Waals surface area (Å²) >= 11 is 0. The van der Waals surface area contributed by atoms with Crippen molar-refractivity contribution in [1.29, 1.82) is 0 Å². The van der Waals surface area contributed by atoms with Gasteiger partial charge in [-0.3, -0.25) is 4.79 Å². The molecule has 0 saturated heterocycles. The van der Waals surface area contributed by atoms with Crippen LogP contribution in [0.1, 0.15) is 23.0 Å². The van der Waals surface area contributed by atoms with E-state index < -0.39 is 11.9 Å². The molecule has 1 fully saturated rings. The summed E-state index contributed by atoms with van der Waals surface area (Å²) in [6.45, 7) is 0.719. The van der Waals surface area contributed by atoms with Crippen molar-refractivity contribution >= 4 is 22.4 Å². The maximum absolute atomic E-state index is 12.3. The maximum Gasteiger partial charge on any atom is 0.307 e. The molecule has 0 aliphatic heterocycles. The number of carbonyl (C=O) groups is 1. The smallest absolute Gasteiger partial charge is 0.307 e. The van der Waals surface area contributed by atoms with E-state index in [0.29, 0.717) is 0 Å². The van der Waals surface area contributed by atoms with Gasteiger partial charge in [-0.1, -0.05) is 97.1 Å². The lowest BCUT2D eigenvalue weighted by Gasteiger charge is -2.51. The molecule has 0 spiro atoms. The lowest BCUT2D eigenvalue weighted by atomic mass is 9.52. The number of rotatable bonds is 6. The molecule has 154 valence electrons. The van der Waals surface area contributed by atoms with E-state index in [-0.39, 0.29) is 17.8 Å². The quantitative estimate of drug-likeness (QED) is 0.403. The van der Waals surface area contributed by atoms with Crippen LogP contribution in [0, 0.1) is 11.8 Å². The molecule has 2 N–H and O–H groups in total. The van der Waals surface area contributed by atoms with Crippen molar-refractivity contribution in [2.75, 3.05) is 11.9 Å². The Bertz CT molecular complexity index is 1140. The van der Waals surface area contributed by atoms with Gasteiger partial charge in [0.1, 0.15) is 0 Å². The fraction of sp³-hybridized carbons (Fsp3) is 0.179. The van der Waals surface area contributed by atoms with E-state index in [9.17, 15) is 9.90 Å². The number of nitrogens with one attached hydrogen (secondary N) is 1. The van der Waals surface area contributed by atoms with Crippen LogP contribution in [0.3, 0.4) is 0 Å². The van der Waals surface area contributed by atoms with E-state index in [0.717, 1.165) is 23.4 Å². The van der Waals surface area contributed by atoms with Crippen LogP contribution >= 0.6 is 0 Å². The Morgan fingerprint density at radius 2 is 1.26 bits per heavy atom. The van der Waals surface area contributed by atoms with Gasteiger partial charge < -0.3 is 10.4 Å². The van der Waals surface area contributed by atoms with Crippen LogP contribution in [-0.4, -0.2) is 17.6 Å². The van der Waals surface area contributed by atoms with Crippen molar-refractivity contribution in [3.05, 3.63) is 114 Å². The number of aliphatic carboxylic acids is 1. The van der Waals surface area contributed by atoms with Crippen LogP contribution in [0.4, 0.5) is 5.69 Å². The van der Waals surface area contributed by atoms with Gasteiger partial charge in [0.05, 0.1) is 5.92 Å². The Hall–Kier alpha value is -3.59. The highest BCUT2D eigenvalue weighted by Gasteiger charge is 2.54. The van der Waals surface area contributed by atoms with Gasteiger partial charge >= 0.3 is 5.97 Å². The number of carboxylic acids is 1. The van der Waals surface area contributed by atoms with Gasteiger partial charge in [-0.25, -0.2) is 0 Å². The van der Waals surface area contributed by atoms with Gasteiger partial charge in [0.15, 0.2) is 0 Å². The van der Waals surface area contributed by atoms with E-state index >= 15 is 0 Å². The first-order chi connectivity index (χ1) is 15.2. The van der Waals surface area contributed by atoms with Gasteiger partial charge in [0, 0.05) is 29.5 Å². The van der Waals surface area contributed by atoms with Crippen LogP contribution in [0.5, 0.6) is 0 Å². The largest absolute Gasteiger partial charge is 0.481 e. The molecule has 3 nitrogen and oxygen atoms in total. The van der Waals surface area contributed by atoms with E-state index in [1.165, 1.54) is 10.8 Å². The molecular formula is C28H25NO2. The van der Waals surface area contributed by atoms with Crippen LogP contribution in [0.2, 0.25) is 0 Å². The highest BCUT2D eigenvalue weighted by atomic mass is 16.4. The van der Waals surface area contributed by atoms with Gasteiger partial charge in [0.2, 0.25) is 0 Å². The van der Waals surface area contributed by atoms with E-state index in [1.54, 1.807) is 0 Å². The standard InChI is InChI=1S/C28H25NO2/c30-28(31)27-25(20-11-3-1-4-12-20)23(26(27)21-13-5-2-6-14-21)18-29-24-17-9-15-19-10-7-8-16-22(19)24/h1-17,23,25-27,29H,18H2,(H,30,31)/t23?,25-,26?,27?/m1/s1. The summed E-state index contributed by atoms with van der Waals surface area (Å²) in [6.07, 6.45) is 0. The second-order valence-corrected chi connectivity index (χ2v) is 8.31. The Balaban J connectivity index is 1.50. The maximum atomic E-state index is 12.3. The Kier molecular flexibility index (Phi) is 5.17. The van der Waals surface area contributed by atoms with Gasteiger partial charge in [-0.05, 0) is 28.5 Å². The minimum Gasteiger partial charge on any atom is -0.481 e. The Morgan fingerprint density at radius 1 is 0.710 bits per heavy atom. The molecular weight excluding hydrogens is 382 g/mol. The second-order valence-electron chi connectivity index (χ2n) is 8.31. The normalized spacial score (nSPS) is 22.6. The number of carboxylic acid groups (broad SMARTS) is 1. The monoisotopic (exact) mass is 407 g/mol. The summed E-state index contributed by atoms with van der Waals surface area (Å²) in [4.78, 5) is 12.3. The molecule has 4 atom stereocenters. The fourth-order valence-corrected chi connectivity index (χ4v) is 5.26. The van der Waals surface area contributed by atoms with Gasteiger partial charge in [0.25, 0.3) is 0 Å². The molecule has 0 radical (unpaired) electrons. The molecule has 5 rings (SSSR count). The highest BCUT2D eigenvalue weighted by molar-refractivity contribution is 5.93. The summed E-state index contributed by atoms with van der Waals surface area (Å²) in [6, 6.07) is 34.8. The molecule has 4 aromatic rings. The van der Waals surface area contributed by atoms with Crippen molar-refractivity contribution in [3.63, 3.8) is 0 Å². The molecule has 31 heavy (non-hydrogen) atoms. The van der Waals surface area contributed by atoms with Gasteiger partial charge in [-0.2, -0.15) is 0 Å². The number of anilines is 1. The van der Waals surface area contributed by atoms with Crippen molar-refractivity contribution in [2.45, 2.75) is 11.8 Å². The summed E-state index contributed by atoms with van der Waals surface area (Å²) in [5, 5.41) is 16.2. The molecule has 0 heterocycles. The molecule has 3 heteroatoms. The molecule has 4 aromatic carbocycles. The summed E-state index contributed by atoms with van der Waals surface area (Å²) in [5.74, 6) is -1.00. The molecule has 0 amide bonds. The third-order valence-electron chi connectivity index (χ3n) is 6.67. The summed E-state index contributed by atoms with van der Waals surface area (Å²) < 4.78 is 0. The lowest BCUT2D eigenvalue weighted by molar-refractivity contribution is -0.149. The van der Waals surface area contributed by atoms with Crippen molar-refractivity contribution < 1.29 is 9.90 Å². The molecule has 0 aromatic heterocycles. The third-order valence-corrected chi connectivity index (χ3v) is 6.67. The predicted octanol–water partition coefficient (Wildman–Crippen LogP) is 6.15. The van der Waals surface area contributed by atoms with E-state index in [1.807, 2.05) is 42.5 Å². The predicted molar refractivity (Wildman–Crippen MR) is 125 cm³/mol. The first-order valence-electron chi connectivity index (χ1n) is 10.8. The zero-order valence-electron chi connectivity index (χ0n) is 17.2. The van der Waals surface area contributed by atoms with Crippen LogP contribution in [-0.2, 0) is 4.79 Å². The zero-order chi connectivity index (χ0) is 21.2. The van der Waals surface area contributed by atoms with E-state index in [2.05, 4.69) is 66.0 Å². The molecule has 1 saturated carbocycles. The Labute approximate surface area is 182 Å². The number of hydrogen-bond acceptors (Lipinski definition) is 2. The minimum atomic E-state index is -0.718. The summed E-state index contributed by atoms with van der Waals surface area (Å²) in [5.41, 5.74) is 3.30. The SMILES string of the molecule is O=C(O)C1C(c2ccccc2)C(CNc2cccc3ccccc23)[C@H]1c1ccccc1. The van der Waals surface area contributed by atoms with Crippen molar-refractivity contribution in [1.82, 2.24) is 0 Å². The van der Waals surface area contributed by atoms with Crippen LogP contribution in [0.15, 0.2) is 103 Å².